The highest BCUT2D eigenvalue weighted by Gasteiger charge is 2.32. The molecule has 1 atom stereocenters. The molecule has 3 rings (SSSR count). The standard InChI is InChI=1S/C21H28N6/c1-7-21(4,22-17-11-13-18(14-12-17)26(5)6)20-23-24-25-27(20)19-15(2)9-8-10-16(19)3/h8-14,22H,7H2,1-6H3/t21-/m0/s1. The zero-order chi connectivity index (χ0) is 19.6. The third-order valence-corrected chi connectivity index (χ3v) is 5.13. The quantitative estimate of drug-likeness (QED) is 0.714. The molecule has 0 spiro atoms. The van der Waals surface area contributed by atoms with Crippen LogP contribution in [0, 0.1) is 13.8 Å². The molecule has 6 nitrogen and oxygen atoms in total. The Morgan fingerprint density at radius 3 is 2.22 bits per heavy atom. The summed E-state index contributed by atoms with van der Waals surface area (Å²) >= 11 is 0. The van der Waals surface area contributed by atoms with Crippen molar-refractivity contribution < 1.29 is 0 Å². The highest BCUT2D eigenvalue weighted by Crippen LogP contribution is 2.31. The number of hydrogen-bond acceptors (Lipinski definition) is 5. The number of aromatic nitrogens is 4. The average Bonchev–Trinajstić information content (AvgIpc) is 3.12. The summed E-state index contributed by atoms with van der Waals surface area (Å²) in [5.74, 6) is 0.805. The lowest BCUT2D eigenvalue weighted by Crippen LogP contribution is -2.34. The van der Waals surface area contributed by atoms with Gasteiger partial charge in [0.25, 0.3) is 0 Å². The van der Waals surface area contributed by atoms with Gasteiger partial charge in [-0.05, 0) is 73.0 Å². The second kappa shape index (κ2) is 7.39. The summed E-state index contributed by atoms with van der Waals surface area (Å²) in [6, 6.07) is 14.6. The summed E-state index contributed by atoms with van der Waals surface area (Å²) in [6.45, 7) is 8.46. The SMILES string of the molecule is CC[C@](C)(Nc1ccc(N(C)C)cc1)c1nnnn1-c1c(C)cccc1C. The van der Waals surface area contributed by atoms with Crippen molar-refractivity contribution in [3.05, 3.63) is 59.4 Å². The van der Waals surface area contributed by atoms with E-state index in [2.05, 4.69) is 95.9 Å². The minimum absolute atomic E-state index is 0.405. The van der Waals surface area contributed by atoms with Crippen LogP contribution in [-0.2, 0) is 5.54 Å². The molecule has 142 valence electrons. The van der Waals surface area contributed by atoms with Gasteiger partial charge in [0.05, 0.1) is 11.2 Å². The Bertz CT molecular complexity index is 892. The number of nitrogens with one attached hydrogen (secondary N) is 1. The topological polar surface area (TPSA) is 58.9 Å². The Hall–Kier alpha value is -2.89. The first-order valence-corrected chi connectivity index (χ1v) is 9.26. The van der Waals surface area contributed by atoms with E-state index in [4.69, 9.17) is 0 Å². The van der Waals surface area contributed by atoms with Crippen LogP contribution in [0.1, 0.15) is 37.2 Å². The van der Waals surface area contributed by atoms with Gasteiger partial charge in [-0.25, -0.2) is 0 Å². The van der Waals surface area contributed by atoms with Crippen molar-refractivity contribution in [2.24, 2.45) is 0 Å². The average molecular weight is 364 g/mol. The van der Waals surface area contributed by atoms with Gasteiger partial charge in [0.15, 0.2) is 5.82 Å². The van der Waals surface area contributed by atoms with E-state index in [0.29, 0.717) is 0 Å². The van der Waals surface area contributed by atoms with Gasteiger partial charge in [0.2, 0.25) is 0 Å². The van der Waals surface area contributed by atoms with Gasteiger partial charge in [-0.3, -0.25) is 0 Å². The third kappa shape index (κ3) is 3.65. The predicted molar refractivity (Wildman–Crippen MR) is 111 cm³/mol. The van der Waals surface area contributed by atoms with Crippen molar-refractivity contribution in [1.82, 2.24) is 20.2 Å². The van der Waals surface area contributed by atoms with E-state index < -0.39 is 5.54 Å². The molecule has 0 aliphatic carbocycles. The maximum atomic E-state index is 4.39. The fourth-order valence-electron chi connectivity index (χ4n) is 3.29. The Morgan fingerprint density at radius 2 is 1.67 bits per heavy atom. The van der Waals surface area contributed by atoms with Gasteiger partial charge in [0.1, 0.15) is 0 Å². The van der Waals surface area contributed by atoms with E-state index in [1.54, 1.807) is 0 Å². The van der Waals surface area contributed by atoms with Crippen molar-refractivity contribution >= 4 is 11.4 Å². The number of nitrogens with zero attached hydrogens (tertiary/aromatic N) is 5. The minimum Gasteiger partial charge on any atom is -0.378 e. The van der Waals surface area contributed by atoms with Gasteiger partial charge in [-0.2, -0.15) is 4.68 Å². The number of anilines is 2. The summed E-state index contributed by atoms with van der Waals surface area (Å²) in [6.07, 6.45) is 0.841. The molecule has 1 aromatic heterocycles. The molecule has 0 unspecified atom stereocenters. The summed E-state index contributed by atoms with van der Waals surface area (Å²) in [4.78, 5) is 2.09. The fourth-order valence-corrected chi connectivity index (χ4v) is 3.29. The van der Waals surface area contributed by atoms with Crippen LogP contribution in [0.15, 0.2) is 42.5 Å². The van der Waals surface area contributed by atoms with E-state index in [1.165, 1.54) is 5.69 Å². The Balaban J connectivity index is 2.00. The van der Waals surface area contributed by atoms with Gasteiger partial charge in [-0.15, -0.1) is 5.10 Å². The summed E-state index contributed by atoms with van der Waals surface area (Å²) in [5, 5.41) is 16.3. The number of aryl methyl sites for hydroxylation is 2. The maximum absolute atomic E-state index is 4.39. The minimum atomic E-state index is -0.405. The molecule has 2 aromatic carbocycles. The van der Waals surface area contributed by atoms with Gasteiger partial charge in [0, 0.05) is 25.5 Å². The van der Waals surface area contributed by atoms with Gasteiger partial charge in [-0.1, -0.05) is 25.1 Å². The third-order valence-electron chi connectivity index (χ3n) is 5.13. The normalized spacial score (nSPS) is 13.3. The molecule has 0 bridgehead atoms. The summed E-state index contributed by atoms with van der Waals surface area (Å²) in [5.41, 5.74) is 5.15. The lowest BCUT2D eigenvalue weighted by Gasteiger charge is -2.30. The lowest BCUT2D eigenvalue weighted by atomic mass is 9.96. The summed E-state index contributed by atoms with van der Waals surface area (Å²) < 4.78 is 1.87. The largest absolute Gasteiger partial charge is 0.378 e. The van der Waals surface area contributed by atoms with Crippen molar-refractivity contribution in [3.63, 3.8) is 0 Å². The molecule has 0 saturated heterocycles. The lowest BCUT2D eigenvalue weighted by molar-refractivity contribution is 0.474. The molecule has 6 heteroatoms. The summed E-state index contributed by atoms with van der Waals surface area (Å²) in [7, 11) is 4.08. The zero-order valence-electron chi connectivity index (χ0n) is 17.0. The second-order valence-corrected chi connectivity index (χ2v) is 7.41. The molecular weight excluding hydrogens is 336 g/mol. The Morgan fingerprint density at radius 1 is 1.04 bits per heavy atom. The van der Waals surface area contributed by atoms with Crippen molar-refractivity contribution in [2.45, 2.75) is 39.7 Å². The van der Waals surface area contributed by atoms with Crippen LogP contribution < -0.4 is 10.2 Å². The molecule has 0 aliphatic rings. The molecule has 3 aromatic rings. The second-order valence-electron chi connectivity index (χ2n) is 7.41. The highest BCUT2D eigenvalue weighted by molar-refractivity contribution is 5.56. The van der Waals surface area contributed by atoms with Crippen LogP contribution in [-0.4, -0.2) is 34.3 Å². The fraction of sp³-hybridized carbons (Fsp3) is 0.381. The number of rotatable bonds is 6. The van der Waals surface area contributed by atoms with Gasteiger partial charge < -0.3 is 10.2 Å². The number of benzene rings is 2. The number of para-hydroxylation sites is 1. The van der Waals surface area contributed by atoms with Crippen LogP contribution in [0.25, 0.3) is 5.69 Å². The molecule has 1 heterocycles. The molecule has 0 fully saturated rings. The van der Waals surface area contributed by atoms with Crippen LogP contribution in [0.2, 0.25) is 0 Å². The van der Waals surface area contributed by atoms with Crippen molar-refractivity contribution in [1.29, 1.82) is 0 Å². The van der Waals surface area contributed by atoms with E-state index in [-0.39, 0.29) is 0 Å². The molecular formula is C21H28N6. The first kappa shape index (κ1) is 18.9. The van der Waals surface area contributed by atoms with Crippen LogP contribution >= 0.6 is 0 Å². The highest BCUT2D eigenvalue weighted by atomic mass is 15.6. The molecule has 27 heavy (non-hydrogen) atoms. The van der Waals surface area contributed by atoms with E-state index in [1.807, 2.05) is 18.8 Å². The first-order valence-electron chi connectivity index (χ1n) is 9.26. The Labute approximate surface area is 161 Å². The molecule has 0 aliphatic heterocycles. The van der Waals surface area contributed by atoms with Crippen LogP contribution in [0.5, 0.6) is 0 Å². The molecule has 0 saturated carbocycles. The maximum Gasteiger partial charge on any atom is 0.181 e. The number of tetrazole rings is 1. The van der Waals surface area contributed by atoms with Crippen LogP contribution in [0.3, 0.4) is 0 Å². The predicted octanol–water partition coefficient (Wildman–Crippen LogP) is 4.08. The molecule has 0 amide bonds. The molecule has 1 N–H and O–H groups in total. The monoisotopic (exact) mass is 364 g/mol. The first-order chi connectivity index (χ1) is 12.9. The smallest absolute Gasteiger partial charge is 0.181 e. The van der Waals surface area contributed by atoms with E-state index >= 15 is 0 Å². The molecule has 0 radical (unpaired) electrons. The van der Waals surface area contributed by atoms with E-state index in [9.17, 15) is 0 Å². The van der Waals surface area contributed by atoms with Gasteiger partial charge >= 0.3 is 0 Å². The van der Waals surface area contributed by atoms with Crippen LogP contribution in [0.4, 0.5) is 11.4 Å². The zero-order valence-corrected chi connectivity index (χ0v) is 17.0. The van der Waals surface area contributed by atoms with E-state index in [0.717, 1.165) is 34.7 Å². The Kier molecular flexibility index (Phi) is 5.17. The van der Waals surface area contributed by atoms with Crippen molar-refractivity contribution in [2.75, 3.05) is 24.3 Å². The van der Waals surface area contributed by atoms with Crippen molar-refractivity contribution in [3.8, 4) is 5.69 Å². The number of hydrogen-bond donors (Lipinski definition) is 1.